The number of hydrogen-bond acceptors (Lipinski definition) is 4. The van der Waals surface area contributed by atoms with Crippen LogP contribution in [0, 0.1) is 0 Å². The molecule has 6 nitrogen and oxygen atoms in total. The van der Waals surface area contributed by atoms with Crippen molar-refractivity contribution in [2.75, 3.05) is 13.2 Å². The molecule has 25 heavy (non-hydrogen) atoms. The summed E-state index contributed by atoms with van der Waals surface area (Å²) >= 11 is 0. The van der Waals surface area contributed by atoms with Gasteiger partial charge < -0.3 is 14.4 Å². The summed E-state index contributed by atoms with van der Waals surface area (Å²) in [5.41, 5.74) is 1.51. The predicted octanol–water partition coefficient (Wildman–Crippen LogP) is 2.37. The zero-order chi connectivity index (χ0) is 17.6. The van der Waals surface area contributed by atoms with Gasteiger partial charge in [0.2, 0.25) is 0 Å². The van der Waals surface area contributed by atoms with Crippen molar-refractivity contribution in [3.05, 3.63) is 30.0 Å². The monoisotopic (exact) mass is 343 g/mol. The molecule has 0 bridgehead atoms. The first-order valence-corrected chi connectivity index (χ1v) is 9.06. The Morgan fingerprint density at radius 3 is 2.92 bits per heavy atom. The first-order chi connectivity index (χ1) is 12.1. The second-order valence-corrected chi connectivity index (χ2v) is 7.19. The summed E-state index contributed by atoms with van der Waals surface area (Å²) in [6.07, 6.45) is 2.05. The van der Waals surface area contributed by atoms with Crippen LogP contribution in [0.15, 0.2) is 24.3 Å². The molecule has 0 radical (unpaired) electrons. The summed E-state index contributed by atoms with van der Waals surface area (Å²) in [7, 11) is 1.88. The number of aryl methyl sites for hydroxylation is 1. The highest BCUT2D eigenvalue weighted by molar-refractivity contribution is 6.05. The van der Waals surface area contributed by atoms with E-state index < -0.39 is 0 Å². The van der Waals surface area contributed by atoms with Crippen LogP contribution in [0.25, 0.3) is 10.9 Å². The van der Waals surface area contributed by atoms with E-state index in [0.717, 1.165) is 23.7 Å². The smallest absolute Gasteiger partial charge is 0.275 e. The van der Waals surface area contributed by atoms with Crippen LogP contribution in [0.1, 0.15) is 37.2 Å². The third-order valence-corrected chi connectivity index (χ3v) is 5.20. The molecule has 0 spiro atoms. The van der Waals surface area contributed by atoms with E-state index in [0.29, 0.717) is 18.8 Å². The second-order valence-electron chi connectivity index (χ2n) is 7.19. The van der Waals surface area contributed by atoms with Crippen molar-refractivity contribution < 1.29 is 14.3 Å². The van der Waals surface area contributed by atoms with E-state index >= 15 is 0 Å². The highest BCUT2D eigenvalue weighted by Crippen LogP contribution is 2.34. The van der Waals surface area contributed by atoms with Gasteiger partial charge in [0.25, 0.3) is 5.91 Å². The molecule has 6 heteroatoms. The number of morpholine rings is 1. The Morgan fingerprint density at radius 2 is 2.12 bits per heavy atom. The molecule has 134 valence electrons. The second kappa shape index (κ2) is 6.42. The van der Waals surface area contributed by atoms with Crippen molar-refractivity contribution in [2.45, 2.75) is 51.0 Å². The molecule has 2 aromatic rings. The third kappa shape index (κ3) is 2.83. The van der Waals surface area contributed by atoms with E-state index in [9.17, 15) is 4.79 Å². The first-order valence-electron chi connectivity index (χ1n) is 9.06. The van der Waals surface area contributed by atoms with Crippen molar-refractivity contribution in [3.8, 4) is 0 Å². The summed E-state index contributed by atoms with van der Waals surface area (Å²) in [5.74, 6) is 0.000275. The number of fused-ring (bicyclic) bond motifs is 2. The molecule has 1 aromatic carbocycles. The predicted molar refractivity (Wildman–Crippen MR) is 94.5 cm³/mol. The number of benzene rings is 1. The Morgan fingerprint density at radius 1 is 1.32 bits per heavy atom. The minimum atomic E-state index is -0.0323. The largest absolute Gasteiger partial charge is 0.373 e. The van der Waals surface area contributed by atoms with Gasteiger partial charge >= 0.3 is 0 Å². The maximum absolute atomic E-state index is 13.3. The summed E-state index contributed by atoms with van der Waals surface area (Å²) in [6, 6.07) is 7.94. The van der Waals surface area contributed by atoms with Gasteiger partial charge in [-0.05, 0) is 32.8 Å². The van der Waals surface area contributed by atoms with Crippen LogP contribution in [-0.4, -0.2) is 58.1 Å². The summed E-state index contributed by atoms with van der Waals surface area (Å²) in [6.45, 7) is 5.24. The zero-order valence-corrected chi connectivity index (χ0v) is 15.0. The molecule has 3 atom stereocenters. The maximum Gasteiger partial charge on any atom is 0.275 e. The molecular formula is C19H25N3O3. The number of aromatic nitrogens is 2. The average Bonchev–Trinajstić information content (AvgIpc) is 3.16. The molecule has 0 N–H and O–H groups in total. The highest BCUT2D eigenvalue weighted by Gasteiger charge is 2.45. The van der Waals surface area contributed by atoms with Crippen molar-refractivity contribution in [2.24, 2.45) is 7.05 Å². The molecular weight excluding hydrogens is 318 g/mol. The Bertz CT molecular complexity index is 785. The normalized spacial score (nSPS) is 26.4. The number of hydrogen-bond donors (Lipinski definition) is 0. The first kappa shape index (κ1) is 16.5. The Hall–Kier alpha value is -1.92. The van der Waals surface area contributed by atoms with E-state index in [1.807, 2.05) is 50.1 Å². The lowest BCUT2D eigenvalue weighted by molar-refractivity contribution is -0.117. The number of nitrogens with zero attached hydrogens (tertiary/aromatic N) is 3. The molecule has 4 rings (SSSR count). The molecule has 1 saturated heterocycles. The molecule has 1 saturated carbocycles. The molecule has 0 unspecified atom stereocenters. The lowest BCUT2D eigenvalue weighted by Gasteiger charge is -2.39. The third-order valence-electron chi connectivity index (χ3n) is 5.20. The van der Waals surface area contributed by atoms with E-state index in [4.69, 9.17) is 9.47 Å². The molecule has 1 aromatic heterocycles. The molecule has 1 aliphatic heterocycles. The fourth-order valence-electron chi connectivity index (χ4n) is 4.17. The van der Waals surface area contributed by atoms with Gasteiger partial charge in [0.05, 0.1) is 30.4 Å². The van der Waals surface area contributed by atoms with Crippen LogP contribution in [0.3, 0.4) is 0 Å². The number of amides is 1. The quantitative estimate of drug-likeness (QED) is 0.858. The van der Waals surface area contributed by atoms with Crippen LogP contribution < -0.4 is 0 Å². The molecule has 2 heterocycles. The van der Waals surface area contributed by atoms with E-state index in [1.54, 1.807) is 4.68 Å². The molecule has 2 fully saturated rings. The van der Waals surface area contributed by atoms with Crippen molar-refractivity contribution >= 4 is 16.8 Å². The molecule has 1 aliphatic carbocycles. The van der Waals surface area contributed by atoms with Crippen LogP contribution in [-0.2, 0) is 16.5 Å². The fourth-order valence-corrected chi connectivity index (χ4v) is 4.17. The van der Waals surface area contributed by atoms with Crippen LogP contribution in [0.5, 0.6) is 0 Å². The summed E-state index contributed by atoms with van der Waals surface area (Å²) < 4.78 is 13.8. The van der Waals surface area contributed by atoms with Gasteiger partial charge in [0.15, 0.2) is 5.69 Å². The minimum Gasteiger partial charge on any atom is -0.373 e. The lowest BCUT2D eigenvalue weighted by atomic mass is 10.1. The fraction of sp³-hybridized carbons (Fsp3) is 0.579. The number of para-hydroxylation sites is 1. The van der Waals surface area contributed by atoms with Gasteiger partial charge in [-0.25, -0.2) is 0 Å². The van der Waals surface area contributed by atoms with E-state index in [1.165, 1.54) is 0 Å². The van der Waals surface area contributed by atoms with Crippen LogP contribution in [0.2, 0.25) is 0 Å². The van der Waals surface area contributed by atoms with Gasteiger partial charge in [-0.2, -0.15) is 5.10 Å². The van der Waals surface area contributed by atoms with Crippen LogP contribution >= 0.6 is 0 Å². The summed E-state index contributed by atoms with van der Waals surface area (Å²) in [4.78, 5) is 15.2. The topological polar surface area (TPSA) is 56.6 Å². The van der Waals surface area contributed by atoms with Crippen LogP contribution in [0.4, 0.5) is 0 Å². The Labute approximate surface area is 147 Å². The van der Waals surface area contributed by atoms with Gasteiger partial charge in [0, 0.05) is 19.0 Å². The highest BCUT2D eigenvalue weighted by atomic mass is 16.5. The maximum atomic E-state index is 13.3. The lowest BCUT2D eigenvalue weighted by Crippen LogP contribution is -2.54. The SMILES string of the molecule is CC(C)O[C@H]1CC[C@@H]2[C@@H]1OCCN2C(=O)c1nn(C)c2ccccc12. The van der Waals surface area contributed by atoms with Gasteiger partial charge in [-0.1, -0.05) is 18.2 Å². The van der Waals surface area contributed by atoms with E-state index in [2.05, 4.69) is 5.10 Å². The van der Waals surface area contributed by atoms with Crippen molar-refractivity contribution in [1.29, 1.82) is 0 Å². The van der Waals surface area contributed by atoms with Gasteiger partial charge in [0.1, 0.15) is 6.10 Å². The Kier molecular flexibility index (Phi) is 4.25. The standard InChI is InChI=1S/C19H25N3O3/c1-12(2)25-16-9-8-15-18(16)24-11-10-22(15)19(23)17-13-6-4-5-7-14(13)21(3)20-17/h4-7,12,15-16,18H,8-11H2,1-3H3/t15-,16+,18+/m1/s1. The number of carbonyl (C=O) groups is 1. The van der Waals surface area contributed by atoms with Gasteiger partial charge in [-0.15, -0.1) is 0 Å². The zero-order valence-electron chi connectivity index (χ0n) is 15.0. The number of ether oxygens (including phenoxy) is 2. The van der Waals surface area contributed by atoms with Crippen molar-refractivity contribution in [1.82, 2.24) is 14.7 Å². The minimum absolute atomic E-state index is 0.000275. The average molecular weight is 343 g/mol. The van der Waals surface area contributed by atoms with Gasteiger partial charge in [-0.3, -0.25) is 9.48 Å². The number of carbonyl (C=O) groups excluding carboxylic acids is 1. The van der Waals surface area contributed by atoms with E-state index in [-0.39, 0.29) is 30.3 Å². The molecule has 1 amide bonds. The molecule has 2 aliphatic rings. The number of rotatable bonds is 3. The summed E-state index contributed by atoms with van der Waals surface area (Å²) in [5, 5.41) is 5.41. The van der Waals surface area contributed by atoms with Crippen molar-refractivity contribution in [3.63, 3.8) is 0 Å². The Balaban J connectivity index is 1.62.